The molecule has 0 amide bonds. The molecule has 1 heterocycles. The average molecular weight is 497 g/mol. The van der Waals surface area contributed by atoms with Crippen molar-refractivity contribution in [1.82, 2.24) is 9.78 Å². The molecule has 1 aromatic heterocycles. The van der Waals surface area contributed by atoms with Gasteiger partial charge in [-0.2, -0.15) is 5.10 Å². The molecule has 4 nitrogen and oxygen atoms in total. The summed E-state index contributed by atoms with van der Waals surface area (Å²) >= 11 is 0. The van der Waals surface area contributed by atoms with Crippen molar-refractivity contribution in [2.45, 2.75) is 90.8 Å². The van der Waals surface area contributed by atoms with Crippen LogP contribution in [0.5, 0.6) is 0 Å². The summed E-state index contributed by atoms with van der Waals surface area (Å²) in [6.07, 6.45) is 8.60. The number of hydrogen-bond donors (Lipinski definition) is 0. The minimum absolute atomic E-state index is 0.150. The van der Waals surface area contributed by atoms with E-state index in [0.29, 0.717) is 29.7 Å². The molecule has 4 rings (SSSR count). The van der Waals surface area contributed by atoms with Gasteiger partial charge in [-0.3, -0.25) is 0 Å². The van der Waals surface area contributed by atoms with Crippen LogP contribution in [-0.4, -0.2) is 31.0 Å². The third-order valence-electron chi connectivity index (χ3n) is 9.34. The normalized spacial score (nSPS) is 24.1. The van der Waals surface area contributed by atoms with Crippen LogP contribution in [-0.2, 0) is 15.6 Å². The lowest BCUT2D eigenvalue weighted by Gasteiger charge is -2.49. The van der Waals surface area contributed by atoms with Crippen LogP contribution >= 0.6 is 0 Å². The summed E-state index contributed by atoms with van der Waals surface area (Å²) in [7, 11) is -2.06. The Labute approximate surface area is 211 Å². The van der Waals surface area contributed by atoms with Gasteiger partial charge in [0, 0.05) is 23.9 Å². The molecule has 1 saturated carbocycles. The highest BCUT2D eigenvalue weighted by atomic mass is 28.4. The van der Waals surface area contributed by atoms with E-state index in [2.05, 4.69) is 59.6 Å². The van der Waals surface area contributed by atoms with Crippen LogP contribution in [0.25, 0.3) is 11.8 Å². The van der Waals surface area contributed by atoms with E-state index in [1.54, 1.807) is 12.1 Å². The molecule has 2 aromatic rings. The molecule has 0 N–H and O–H groups in total. The lowest BCUT2D eigenvalue weighted by molar-refractivity contribution is -0.112. The molecule has 35 heavy (non-hydrogen) atoms. The van der Waals surface area contributed by atoms with Crippen molar-refractivity contribution in [1.29, 1.82) is 0 Å². The molecule has 190 valence electrons. The van der Waals surface area contributed by atoms with Crippen molar-refractivity contribution in [2.24, 2.45) is 10.8 Å². The highest BCUT2D eigenvalue weighted by Crippen LogP contribution is 2.62. The number of carbonyl (C=O) groups is 1. The Bertz CT molecular complexity index is 1080. The van der Waals surface area contributed by atoms with Gasteiger partial charge in [0.1, 0.15) is 12.1 Å². The quantitative estimate of drug-likeness (QED) is 0.266. The summed E-state index contributed by atoms with van der Waals surface area (Å²) in [5.74, 6) is -0.251. The Hall–Kier alpha value is -2.05. The van der Waals surface area contributed by atoms with Crippen LogP contribution in [0.3, 0.4) is 0 Å². The zero-order valence-electron chi connectivity index (χ0n) is 22.4. The van der Waals surface area contributed by atoms with Crippen LogP contribution in [0.2, 0.25) is 16.6 Å². The largest absolute Gasteiger partial charge is 0.415 e. The van der Waals surface area contributed by atoms with Gasteiger partial charge in [0.05, 0.1) is 17.6 Å². The van der Waals surface area contributed by atoms with E-state index in [9.17, 15) is 9.18 Å². The summed E-state index contributed by atoms with van der Waals surface area (Å²) < 4.78 is 22.5. The Morgan fingerprint density at radius 3 is 2.31 bits per heavy atom. The zero-order chi connectivity index (χ0) is 25.6. The minimum Gasteiger partial charge on any atom is -0.415 e. The van der Waals surface area contributed by atoms with Gasteiger partial charge in [-0.1, -0.05) is 54.0 Å². The first-order valence-corrected chi connectivity index (χ1v) is 15.3. The number of fused-ring (bicyclic) bond motifs is 2. The molecule has 0 radical (unpaired) electrons. The molecule has 6 heteroatoms. The van der Waals surface area contributed by atoms with Crippen LogP contribution in [0.15, 0.2) is 36.0 Å². The van der Waals surface area contributed by atoms with Crippen LogP contribution in [0.1, 0.15) is 79.0 Å². The summed E-state index contributed by atoms with van der Waals surface area (Å²) in [6.45, 7) is 16.9. The summed E-state index contributed by atoms with van der Waals surface area (Å²) in [4.78, 5) is 12.1. The second kappa shape index (κ2) is 9.43. The van der Waals surface area contributed by atoms with Gasteiger partial charge < -0.3 is 9.22 Å². The number of hydrogen-bond acceptors (Lipinski definition) is 3. The molecular weight excluding hydrogens is 455 g/mol. The maximum absolute atomic E-state index is 13.5. The van der Waals surface area contributed by atoms with Gasteiger partial charge in [-0.25, -0.2) is 9.07 Å². The van der Waals surface area contributed by atoms with Crippen LogP contribution < -0.4 is 0 Å². The Balaban J connectivity index is 1.70. The molecule has 0 unspecified atom stereocenters. The maximum Gasteiger partial charge on any atom is 0.200 e. The van der Waals surface area contributed by atoms with Gasteiger partial charge >= 0.3 is 0 Å². The summed E-state index contributed by atoms with van der Waals surface area (Å²) in [6, 6.07) is 6.48. The molecular formula is C29H41FN2O2Si. The Morgan fingerprint density at radius 1 is 1.11 bits per heavy atom. The number of benzene rings is 1. The fraction of sp³-hybridized carbons (Fsp3) is 0.586. The SMILES string of the molecule is CC(C)[Si](OC[C@@]1(CC=O)CCC2=Cc3c(cnn3-c3ccc(F)cc3)C[C@]21C)(C(C)C)C(C)C. The van der Waals surface area contributed by atoms with Gasteiger partial charge in [-0.15, -0.1) is 0 Å². The van der Waals surface area contributed by atoms with Crippen molar-refractivity contribution in [2.75, 3.05) is 6.61 Å². The van der Waals surface area contributed by atoms with Gasteiger partial charge in [0.25, 0.3) is 0 Å². The zero-order valence-corrected chi connectivity index (χ0v) is 23.4. The molecule has 0 bridgehead atoms. The lowest BCUT2D eigenvalue weighted by Crippen LogP contribution is -2.52. The number of halogens is 1. The molecule has 0 spiro atoms. The van der Waals surface area contributed by atoms with E-state index in [1.807, 2.05) is 10.9 Å². The first-order valence-electron chi connectivity index (χ1n) is 13.1. The monoisotopic (exact) mass is 496 g/mol. The van der Waals surface area contributed by atoms with E-state index in [0.717, 1.165) is 36.9 Å². The maximum atomic E-state index is 13.5. The lowest BCUT2D eigenvalue weighted by atomic mass is 9.60. The third kappa shape index (κ3) is 4.07. The van der Waals surface area contributed by atoms with Crippen molar-refractivity contribution in [3.05, 3.63) is 53.1 Å². The van der Waals surface area contributed by atoms with Crippen LogP contribution in [0.4, 0.5) is 4.39 Å². The van der Waals surface area contributed by atoms with Crippen molar-refractivity contribution < 1.29 is 13.6 Å². The molecule has 2 aliphatic rings. The van der Waals surface area contributed by atoms with E-state index < -0.39 is 8.32 Å². The van der Waals surface area contributed by atoms with E-state index in [1.165, 1.54) is 23.3 Å². The molecule has 0 saturated heterocycles. The summed E-state index contributed by atoms with van der Waals surface area (Å²) in [5.41, 5.74) is 5.64. The topological polar surface area (TPSA) is 44.1 Å². The number of aromatic nitrogens is 2. The molecule has 1 aromatic carbocycles. The molecule has 1 fully saturated rings. The second-order valence-corrected chi connectivity index (χ2v) is 17.3. The van der Waals surface area contributed by atoms with Gasteiger partial charge in [0.2, 0.25) is 0 Å². The number of nitrogens with zero attached hydrogens (tertiary/aromatic N) is 2. The van der Waals surface area contributed by atoms with Crippen molar-refractivity contribution in [3.8, 4) is 5.69 Å². The first kappa shape index (κ1) is 26.0. The van der Waals surface area contributed by atoms with Crippen molar-refractivity contribution in [3.63, 3.8) is 0 Å². The smallest absolute Gasteiger partial charge is 0.200 e. The standard InChI is InChI=1S/C29H41FN2O2Si/c1-20(2)35(21(3)4,22(5)6)34-19-29(14-15-33)13-12-24-16-27-23(17-28(24,29)7)18-31-32(27)26-10-8-25(30)9-11-26/h8-11,15-16,18,20-22H,12-14,17,19H2,1-7H3/t28-,29+/m1/s1. The molecule has 2 atom stereocenters. The second-order valence-electron chi connectivity index (χ2n) is 11.9. The molecule has 0 aliphatic heterocycles. The minimum atomic E-state index is -2.06. The Kier molecular flexibility index (Phi) is 7.01. The molecule has 2 aliphatic carbocycles. The Morgan fingerprint density at radius 2 is 1.74 bits per heavy atom. The first-order chi connectivity index (χ1) is 16.5. The van der Waals surface area contributed by atoms with E-state index >= 15 is 0 Å². The third-order valence-corrected chi connectivity index (χ3v) is 15.4. The number of carbonyl (C=O) groups excluding carboxylic acids is 1. The number of allylic oxidation sites excluding steroid dienone is 1. The van der Waals surface area contributed by atoms with Crippen molar-refractivity contribution >= 4 is 20.7 Å². The average Bonchev–Trinajstić information content (AvgIpc) is 3.31. The highest BCUT2D eigenvalue weighted by molar-refractivity contribution is 6.77. The van der Waals surface area contributed by atoms with Gasteiger partial charge in [0.15, 0.2) is 8.32 Å². The fourth-order valence-electron chi connectivity index (χ4n) is 7.35. The number of aldehydes is 1. The predicted molar refractivity (Wildman–Crippen MR) is 143 cm³/mol. The van der Waals surface area contributed by atoms with E-state index in [-0.39, 0.29) is 16.6 Å². The fourth-order valence-corrected chi connectivity index (χ4v) is 12.9. The van der Waals surface area contributed by atoms with E-state index in [4.69, 9.17) is 4.43 Å². The van der Waals surface area contributed by atoms with Crippen LogP contribution in [0, 0.1) is 16.6 Å². The van der Waals surface area contributed by atoms with Gasteiger partial charge in [-0.05, 0) is 71.8 Å². The highest BCUT2D eigenvalue weighted by Gasteiger charge is 2.57. The summed E-state index contributed by atoms with van der Waals surface area (Å²) in [5, 5.41) is 4.66. The predicted octanol–water partition coefficient (Wildman–Crippen LogP) is 7.52. The number of rotatable bonds is 9.